The summed E-state index contributed by atoms with van der Waals surface area (Å²) in [6, 6.07) is -0.0129. The van der Waals surface area contributed by atoms with Crippen molar-refractivity contribution in [2.24, 2.45) is 0 Å². The Morgan fingerprint density at radius 3 is 3.14 bits per heavy atom. The summed E-state index contributed by atoms with van der Waals surface area (Å²) in [5.74, 6) is 0.833. The van der Waals surface area contributed by atoms with E-state index in [1.165, 1.54) is 0 Å². The molecule has 0 fully saturated rings. The molecule has 0 radical (unpaired) electrons. The summed E-state index contributed by atoms with van der Waals surface area (Å²) in [7, 11) is 3.41. The van der Waals surface area contributed by atoms with Crippen molar-refractivity contribution in [2.45, 2.75) is 13.0 Å². The molecule has 0 spiro atoms. The third-order valence-corrected chi connectivity index (χ3v) is 2.32. The Kier molecular flexibility index (Phi) is 2.25. The normalized spacial score (nSPS) is 15.9. The minimum Gasteiger partial charge on any atom is -0.378 e. The fraction of sp³-hybridized carbons (Fsp3) is 0.556. The largest absolute Gasteiger partial charge is 0.378 e. The number of hydrogen-bond donors (Lipinski definition) is 0. The molecule has 0 saturated carbocycles. The molecule has 1 aliphatic rings. The molecule has 0 unspecified atom stereocenters. The molecule has 5 nitrogen and oxygen atoms in total. The number of methoxy groups -OCH3 is 1. The molecule has 76 valence electrons. The van der Waals surface area contributed by atoms with Crippen LogP contribution in [0.4, 0.5) is 4.79 Å². The highest BCUT2D eigenvalue weighted by atomic mass is 16.5. The summed E-state index contributed by atoms with van der Waals surface area (Å²) in [5.41, 5.74) is 0.811. The van der Waals surface area contributed by atoms with Gasteiger partial charge in [0.25, 0.3) is 0 Å². The maximum atomic E-state index is 11.6. The zero-order valence-electron chi connectivity index (χ0n) is 8.36. The molecule has 0 aliphatic carbocycles. The van der Waals surface area contributed by atoms with Crippen LogP contribution < -0.4 is 0 Å². The highest BCUT2D eigenvalue weighted by Crippen LogP contribution is 2.12. The van der Waals surface area contributed by atoms with Crippen molar-refractivity contribution in [1.82, 2.24) is 14.5 Å². The molecular weight excluding hydrogens is 182 g/mol. The predicted molar refractivity (Wildman–Crippen MR) is 50.1 cm³/mol. The van der Waals surface area contributed by atoms with E-state index >= 15 is 0 Å². The van der Waals surface area contributed by atoms with Crippen LogP contribution in [0.3, 0.4) is 0 Å². The maximum Gasteiger partial charge on any atom is 0.329 e. The van der Waals surface area contributed by atoms with Crippen molar-refractivity contribution in [2.75, 3.05) is 20.7 Å². The number of carbonyl (C=O) groups is 1. The van der Waals surface area contributed by atoms with Crippen LogP contribution in [0.15, 0.2) is 6.20 Å². The summed E-state index contributed by atoms with van der Waals surface area (Å²) in [6.07, 6.45) is 2.56. The zero-order chi connectivity index (χ0) is 10.1. The van der Waals surface area contributed by atoms with Crippen molar-refractivity contribution in [3.8, 4) is 0 Å². The Labute approximate surface area is 82.3 Å². The fourth-order valence-electron chi connectivity index (χ4n) is 1.58. The average molecular weight is 195 g/mol. The number of amides is 1. The van der Waals surface area contributed by atoms with Crippen LogP contribution in [-0.2, 0) is 17.8 Å². The summed E-state index contributed by atoms with van der Waals surface area (Å²) in [6.45, 7) is 1.19. The highest BCUT2D eigenvalue weighted by molar-refractivity contribution is 5.78. The standard InChI is InChI=1S/C9H13N3O2/c1-11-4-3-8-10-7(6-14-2)5-12(8)9(11)13/h5H,3-4,6H2,1-2H3. The van der Waals surface area contributed by atoms with Crippen molar-refractivity contribution in [3.63, 3.8) is 0 Å². The van der Waals surface area contributed by atoms with Crippen molar-refractivity contribution >= 4 is 6.03 Å². The van der Waals surface area contributed by atoms with Crippen molar-refractivity contribution in [3.05, 3.63) is 17.7 Å². The third-order valence-electron chi connectivity index (χ3n) is 2.32. The van der Waals surface area contributed by atoms with Gasteiger partial charge in [0.2, 0.25) is 0 Å². The van der Waals surface area contributed by atoms with Gasteiger partial charge < -0.3 is 9.64 Å². The first-order valence-electron chi connectivity index (χ1n) is 4.54. The van der Waals surface area contributed by atoms with Crippen LogP contribution in [0.2, 0.25) is 0 Å². The van der Waals surface area contributed by atoms with Crippen LogP contribution in [0.5, 0.6) is 0 Å². The summed E-state index contributed by atoms with van der Waals surface area (Å²) >= 11 is 0. The van der Waals surface area contributed by atoms with E-state index in [0.717, 1.165) is 24.5 Å². The van der Waals surface area contributed by atoms with Crippen LogP contribution >= 0.6 is 0 Å². The second-order valence-electron chi connectivity index (χ2n) is 3.41. The van der Waals surface area contributed by atoms with E-state index in [-0.39, 0.29) is 6.03 Å². The lowest BCUT2D eigenvalue weighted by Gasteiger charge is -2.22. The Morgan fingerprint density at radius 2 is 2.43 bits per heavy atom. The van der Waals surface area contributed by atoms with E-state index in [4.69, 9.17) is 4.74 Å². The van der Waals surface area contributed by atoms with E-state index in [9.17, 15) is 4.79 Å². The molecule has 0 N–H and O–H groups in total. The van der Waals surface area contributed by atoms with Gasteiger partial charge in [0.1, 0.15) is 5.82 Å². The Morgan fingerprint density at radius 1 is 1.64 bits per heavy atom. The number of carbonyl (C=O) groups excluding carboxylic acids is 1. The number of ether oxygens (including phenoxy) is 1. The van der Waals surface area contributed by atoms with Crippen LogP contribution in [-0.4, -0.2) is 41.2 Å². The number of fused-ring (bicyclic) bond motifs is 1. The molecule has 5 heteroatoms. The summed E-state index contributed by atoms with van der Waals surface area (Å²) < 4.78 is 6.56. The van der Waals surface area contributed by atoms with E-state index in [1.54, 1.807) is 29.8 Å². The van der Waals surface area contributed by atoms with Crippen LogP contribution in [0, 0.1) is 0 Å². The molecule has 0 bridgehead atoms. The third kappa shape index (κ3) is 1.39. The van der Waals surface area contributed by atoms with E-state index < -0.39 is 0 Å². The van der Waals surface area contributed by atoms with Gasteiger partial charge in [0.05, 0.1) is 12.3 Å². The second-order valence-corrected chi connectivity index (χ2v) is 3.41. The molecule has 0 atom stereocenters. The quantitative estimate of drug-likeness (QED) is 0.689. The molecule has 1 aromatic rings. The van der Waals surface area contributed by atoms with E-state index in [1.807, 2.05) is 0 Å². The van der Waals surface area contributed by atoms with Gasteiger partial charge in [-0.2, -0.15) is 0 Å². The van der Waals surface area contributed by atoms with Gasteiger partial charge >= 0.3 is 6.03 Å². The van der Waals surface area contributed by atoms with Gasteiger partial charge in [0, 0.05) is 33.3 Å². The zero-order valence-corrected chi connectivity index (χ0v) is 8.36. The molecule has 2 heterocycles. The van der Waals surface area contributed by atoms with Gasteiger partial charge in [-0.25, -0.2) is 9.78 Å². The Hall–Kier alpha value is -1.36. The van der Waals surface area contributed by atoms with Gasteiger partial charge in [-0.15, -0.1) is 0 Å². The SMILES string of the molecule is COCc1cn2c(n1)CCN(C)C2=O. The predicted octanol–water partition coefficient (Wildman–Crippen LogP) is 0.486. The average Bonchev–Trinajstić information content (AvgIpc) is 2.56. The first kappa shape index (κ1) is 9.21. The van der Waals surface area contributed by atoms with Crippen LogP contribution in [0.1, 0.15) is 11.5 Å². The lowest BCUT2D eigenvalue weighted by atomic mass is 10.3. The Balaban J connectivity index is 2.31. The van der Waals surface area contributed by atoms with Gasteiger partial charge in [-0.05, 0) is 0 Å². The molecular formula is C9H13N3O2. The highest BCUT2D eigenvalue weighted by Gasteiger charge is 2.22. The molecule has 1 amide bonds. The molecule has 0 saturated heterocycles. The smallest absolute Gasteiger partial charge is 0.329 e. The number of nitrogens with zero attached hydrogens (tertiary/aromatic N) is 3. The molecule has 14 heavy (non-hydrogen) atoms. The number of rotatable bonds is 2. The topological polar surface area (TPSA) is 47.4 Å². The van der Waals surface area contributed by atoms with Crippen LogP contribution in [0.25, 0.3) is 0 Å². The van der Waals surface area contributed by atoms with Crippen molar-refractivity contribution in [1.29, 1.82) is 0 Å². The first-order chi connectivity index (χ1) is 6.72. The number of imidazole rings is 1. The Bertz CT molecular complexity index is 359. The lowest BCUT2D eigenvalue weighted by Crippen LogP contribution is -2.38. The fourth-order valence-corrected chi connectivity index (χ4v) is 1.58. The van der Waals surface area contributed by atoms with E-state index in [0.29, 0.717) is 6.61 Å². The lowest BCUT2D eigenvalue weighted by molar-refractivity contribution is 0.181. The first-order valence-corrected chi connectivity index (χ1v) is 4.54. The number of aromatic nitrogens is 2. The minimum atomic E-state index is -0.0129. The number of hydrogen-bond acceptors (Lipinski definition) is 3. The number of likely N-dealkylation sites (N-methyl/N-ethyl adjacent to an activating group) is 1. The van der Waals surface area contributed by atoms with Gasteiger partial charge in [0.15, 0.2) is 0 Å². The monoisotopic (exact) mass is 195 g/mol. The molecule has 1 aromatic heterocycles. The second kappa shape index (κ2) is 3.42. The van der Waals surface area contributed by atoms with Gasteiger partial charge in [-0.1, -0.05) is 0 Å². The molecule has 2 rings (SSSR count). The van der Waals surface area contributed by atoms with E-state index in [2.05, 4.69) is 4.98 Å². The molecule has 1 aliphatic heterocycles. The molecule has 0 aromatic carbocycles. The van der Waals surface area contributed by atoms with Crippen molar-refractivity contribution < 1.29 is 9.53 Å². The summed E-state index contributed by atoms with van der Waals surface area (Å²) in [4.78, 5) is 17.6. The van der Waals surface area contributed by atoms with Gasteiger partial charge in [-0.3, -0.25) is 4.57 Å². The summed E-state index contributed by atoms with van der Waals surface area (Å²) in [5, 5.41) is 0. The minimum absolute atomic E-state index is 0.0129. The maximum absolute atomic E-state index is 11.6.